The number of fused-ring (bicyclic) bond motifs is 3. The number of benzene rings is 2. The second-order valence-corrected chi connectivity index (χ2v) is 10.4. The molecule has 2 aromatic rings. The average molecular weight is 594 g/mol. The molecule has 0 saturated carbocycles. The molecule has 0 bridgehead atoms. The van der Waals surface area contributed by atoms with E-state index in [1.54, 1.807) is 6.92 Å². The monoisotopic (exact) mass is 593 g/mol. The van der Waals surface area contributed by atoms with Crippen molar-refractivity contribution in [3.05, 3.63) is 51.6 Å². The Kier molecular flexibility index (Phi) is 8.24. The van der Waals surface area contributed by atoms with Crippen molar-refractivity contribution in [1.29, 1.82) is 0 Å². The number of phenols is 2. The molecule has 0 aromatic heterocycles. The first-order chi connectivity index (χ1) is 18.9. The maximum Gasteiger partial charge on any atom is 0.202 e. The van der Waals surface area contributed by atoms with Crippen molar-refractivity contribution in [2.24, 2.45) is 5.73 Å². The predicted octanol–water partition coefficient (Wildman–Crippen LogP) is 1.08. The Balaban J connectivity index is 0.00000387. The van der Waals surface area contributed by atoms with E-state index < -0.39 is 88.7 Å². The van der Waals surface area contributed by atoms with Crippen LogP contribution in [-0.2, 0) is 25.4 Å². The summed E-state index contributed by atoms with van der Waals surface area (Å²) in [5.74, 6) is -3.50. The summed E-state index contributed by atoms with van der Waals surface area (Å²) in [5.41, 5.74) is 2.43. The van der Waals surface area contributed by atoms with Gasteiger partial charge in [0.25, 0.3) is 0 Å². The third kappa shape index (κ3) is 4.50. The number of aromatic hydroxyl groups is 2. The van der Waals surface area contributed by atoms with Crippen LogP contribution in [0.3, 0.4) is 0 Å². The van der Waals surface area contributed by atoms with Gasteiger partial charge >= 0.3 is 0 Å². The first kappa shape index (κ1) is 30.8. The van der Waals surface area contributed by atoms with E-state index in [1.165, 1.54) is 32.4 Å². The molecule has 4 unspecified atom stereocenters. The van der Waals surface area contributed by atoms with Gasteiger partial charge in [0.15, 0.2) is 23.5 Å². The summed E-state index contributed by atoms with van der Waals surface area (Å²) in [6.45, 7) is 2.72. The molecule has 6 N–H and O–H groups in total. The summed E-state index contributed by atoms with van der Waals surface area (Å²) in [7, 11) is 2.56. The lowest BCUT2D eigenvalue weighted by molar-refractivity contribution is -0.268. The zero-order valence-electron chi connectivity index (χ0n) is 22.7. The molecule has 12 nitrogen and oxygen atoms in total. The molecule has 2 aromatic carbocycles. The molecule has 0 spiro atoms. The molecular weight excluding hydrogens is 562 g/mol. The molecule has 1 fully saturated rings. The van der Waals surface area contributed by atoms with E-state index in [0.29, 0.717) is 0 Å². The van der Waals surface area contributed by atoms with Gasteiger partial charge in [0.2, 0.25) is 5.78 Å². The molecule has 0 radical (unpaired) electrons. The Morgan fingerprint density at radius 3 is 2.34 bits per heavy atom. The number of hydrogen-bond donors (Lipinski definition) is 5. The molecule has 1 aliphatic heterocycles. The van der Waals surface area contributed by atoms with Crippen molar-refractivity contribution < 1.29 is 53.8 Å². The van der Waals surface area contributed by atoms with Gasteiger partial charge in [-0.25, -0.2) is 0 Å². The standard InChI is InChI=1S/C28H31NO11.ClH/c1-10-21(31)14(29)8-16(39-10)40-26-18-13(9-28(36,11(2)30)27(26)38-4)23(33)19-20(25(18)35)24(34)17-12(22(19)32)6-5-7-15(17)37-3;/h5-7,10,14,16,21,26-27,31,33,35-36H,8-9,29H2,1-4H3;1H/t10?,14?,16?,21?,26-,27+,28-;/m1./s1. The number of rotatable bonds is 5. The molecule has 1 saturated heterocycles. The van der Waals surface area contributed by atoms with Crippen LogP contribution in [0.2, 0.25) is 0 Å². The summed E-state index contributed by atoms with van der Waals surface area (Å²) >= 11 is 0. The number of carbonyl (C=O) groups excluding carboxylic acids is 3. The van der Waals surface area contributed by atoms with Gasteiger partial charge in [0, 0.05) is 42.7 Å². The SMILES string of the molecule is COc1cccc2c1C(=O)c1c(O)c3c(c(O)c1C2=O)C[C@@](O)(C(C)=O)[C@@H](OC)[C@@H]3OC1CC(N)C(O)C(C)O1.Cl. The quantitative estimate of drug-likeness (QED) is 0.264. The summed E-state index contributed by atoms with van der Waals surface area (Å²) in [4.78, 5) is 40.1. The maximum atomic E-state index is 13.7. The smallest absolute Gasteiger partial charge is 0.202 e. The predicted molar refractivity (Wildman–Crippen MR) is 144 cm³/mol. The molecule has 0 amide bonds. The van der Waals surface area contributed by atoms with Gasteiger partial charge in [-0.1, -0.05) is 12.1 Å². The van der Waals surface area contributed by atoms with E-state index >= 15 is 0 Å². The fourth-order valence-electron chi connectivity index (χ4n) is 6.00. The van der Waals surface area contributed by atoms with Crippen molar-refractivity contribution >= 4 is 29.8 Å². The van der Waals surface area contributed by atoms with Crippen molar-refractivity contribution in [3.63, 3.8) is 0 Å². The van der Waals surface area contributed by atoms with E-state index in [1.807, 2.05) is 0 Å². The molecule has 2 aliphatic carbocycles. The first-order valence-electron chi connectivity index (χ1n) is 12.7. The number of nitrogens with two attached hydrogens (primary N) is 1. The van der Waals surface area contributed by atoms with Crippen molar-refractivity contribution in [2.75, 3.05) is 14.2 Å². The Hall–Kier alpha value is -3.10. The third-order valence-electron chi connectivity index (χ3n) is 8.15. The van der Waals surface area contributed by atoms with Crippen molar-refractivity contribution in [3.8, 4) is 17.2 Å². The van der Waals surface area contributed by atoms with Crippen LogP contribution in [0, 0.1) is 0 Å². The lowest BCUT2D eigenvalue weighted by atomic mass is 9.70. The van der Waals surface area contributed by atoms with Crippen LogP contribution in [0.1, 0.15) is 69.3 Å². The number of ether oxygens (including phenoxy) is 4. The number of Topliss-reactive ketones (excluding diaryl/α,β-unsaturated/α-hetero) is 1. The second kappa shape index (κ2) is 11.0. The summed E-state index contributed by atoms with van der Waals surface area (Å²) < 4.78 is 22.7. The molecule has 5 rings (SSSR count). The fraction of sp³-hybridized carbons (Fsp3) is 0.464. The topological polar surface area (TPSA) is 195 Å². The molecule has 222 valence electrons. The Morgan fingerprint density at radius 2 is 1.76 bits per heavy atom. The number of aliphatic hydroxyl groups excluding tert-OH is 1. The first-order valence-corrected chi connectivity index (χ1v) is 12.7. The second-order valence-electron chi connectivity index (χ2n) is 10.4. The Labute approximate surface area is 241 Å². The van der Waals surface area contributed by atoms with Crippen molar-refractivity contribution in [1.82, 2.24) is 0 Å². The highest BCUT2D eigenvalue weighted by Crippen LogP contribution is 2.53. The van der Waals surface area contributed by atoms with E-state index in [4.69, 9.17) is 24.7 Å². The number of methoxy groups -OCH3 is 2. The number of aliphatic hydroxyl groups is 2. The highest BCUT2D eigenvalue weighted by atomic mass is 35.5. The molecule has 7 atom stereocenters. The minimum absolute atomic E-state index is 0. The zero-order chi connectivity index (χ0) is 29.3. The zero-order valence-corrected chi connectivity index (χ0v) is 23.6. The van der Waals surface area contributed by atoms with Crippen LogP contribution in [0.5, 0.6) is 17.2 Å². The number of carbonyl (C=O) groups is 3. The maximum absolute atomic E-state index is 13.7. The van der Waals surface area contributed by atoms with Gasteiger partial charge in [-0.2, -0.15) is 0 Å². The lowest BCUT2D eigenvalue weighted by Crippen LogP contribution is -2.58. The average Bonchev–Trinajstić information content (AvgIpc) is 2.91. The van der Waals surface area contributed by atoms with Crippen LogP contribution >= 0.6 is 12.4 Å². The van der Waals surface area contributed by atoms with Gasteiger partial charge in [0.1, 0.15) is 29.5 Å². The summed E-state index contributed by atoms with van der Waals surface area (Å²) in [5, 5.41) is 44.8. The Bertz CT molecular complexity index is 1420. The van der Waals surface area contributed by atoms with Gasteiger partial charge in [-0.15, -0.1) is 12.4 Å². The third-order valence-corrected chi connectivity index (χ3v) is 8.15. The summed E-state index contributed by atoms with van der Waals surface area (Å²) in [6.07, 6.45) is -6.25. The minimum atomic E-state index is -2.25. The summed E-state index contributed by atoms with van der Waals surface area (Å²) in [6, 6.07) is 3.66. The van der Waals surface area contributed by atoms with E-state index in [-0.39, 0.29) is 46.8 Å². The van der Waals surface area contributed by atoms with E-state index in [0.717, 1.165) is 6.92 Å². The van der Waals surface area contributed by atoms with Gasteiger partial charge in [-0.3, -0.25) is 14.4 Å². The number of halogens is 1. The van der Waals surface area contributed by atoms with E-state index in [9.17, 15) is 34.8 Å². The van der Waals surface area contributed by atoms with Gasteiger partial charge in [0.05, 0.1) is 36.0 Å². The fourth-order valence-corrected chi connectivity index (χ4v) is 6.00. The van der Waals surface area contributed by atoms with Gasteiger partial charge < -0.3 is 45.1 Å². The highest BCUT2D eigenvalue weighted by Gasteiger charge is 2.55. The normalized spacial score (nSPS) is 30.5. The van der Waals surface area contributed by atoms with Crippen molar-refractivity contribution in [2.45, 2.75) is 69.0 Å². The van der Waals surface area contributed by atoms with Crippen LogP contribution in [-0.4, -0.2) is 88.2 Å². The number of hydrogen-bond acceptors (Lipinski definition) is 12. The highest BCUT2D eigenvalue weighted by molar-refractivity contribution is 6.31. The molecule has 3 aliphatic rings. The molecular formula is C28H32ClNO11. The number of ketones is 3. The van der Waals surface area contributed by atoms with Crippen LogP contribution in [0.25, 0.3) is 0 Å². The molecule has 1 heterocycles. The molecule has 41 heavy (non-hydrogen) atoms. The largest absolute Gasteiger partial charge is 0.507 e. The molecule has 13 heteroatoms. The van der Waals surface area contributed by atoms with Crippen LogP contribution in [0.4, 0.5) is 0 Å². The number of phenolic OH excluding ortho intramolecular Hbond substituents is 2. The van der Waals surface area contributed by atoms with Crippen LogP contribution in [0.15, 0.2) is 18.2 Å². The van der Waals surface area contributed by atoms with Crippen LogP contribution < -0.4 is 10.5 Å². The lowest BCUT2D eigenvalue weighted by Gasteiger charge is -2.46. The van der Waals surface area contributed by atoms with Gasteiger partial charge in [-0.05, 0) is 19.9 Å². The minimum Gasteiger partial charge on any atom is -0.507 e. The Morgan fingerprint density at radius 1 is 1.10 bits per heavy atom. The van der Waals surface area contributed by atoms with E-state index in [2.05, 4.69) is 0 Å².